The molecule has 0 radical (unpaired) electrons. The number of methoxy groups -OCH3 is 1. The number of nitrogens with one attached hydrogen (secondary N) is 1. The highest BCUT2D eigenvalue weighted by atomic mass is 16.5. The van der Waals surface area contributed by atoms with Crippen LogP contribution >= 0.6 is 0 Å². The van der Waals surface area contributed by atoms with Crippen LogP contribution in [0, 0.1) is 13.8 Å². The first-order valence-corrected chi connectivity index (χ1v) is 6.57. The van der Waals surface area contributed by atoms with Gasteiger partial charge in [0.25, 0.3) is 0 Å². The lowest BCUT2D eigenvalue weighted by molar-refractivity contribution is -0.123. The standard InChI is InChI=1S/C14H24N2O3/c1-9-8-12(11(3)19-9)10(2)16-14(17)13(15)6-5-7-18-4/h8,10,13H,5-7,15H2,1-4H3,(H,16,17). The topological polar surface area (TPSA) is 77.5 Å². The van der Waals surface area contributed by atoms with E-state index in [0.717, 1.165) is 23.5 Å². The summed E-state index contributed by atoms with van der Waals surface area (Å²) in [4.78, 5) is 11.9. The second kappa shape index (κ2) is 7.31. The highest BCUT2D eigenvalue weighted by molar-refractivity contribution is 5.81. The summed E-state index contributed by atoms with van der Waals surface area (Å²) in [6.45, 7) is 6.33. The van der Waals surface area contributed by atoms with E-state index in [1.165, 1.54) is 0 Å². The van der Waals surface area contributed by atoms with E-state index in [1.54, 1.807) is 7.11 Å². The van der Waals surface area contributed by atoms with Crippen molar-refractivity contribution in [3.8, 4) is 0 Å². The molecule has 5 nitrogen and oxygen atoms in total. The predicted molar refractivity (Wildman–Crippen MR) is 73.8 cm³/mol. The van der Waals surface area contributed by atoms with E-state index < -0.39 is 6.04 Å². The number of rotatable bonds is 7. The van der Waals surface area contributed by atoms with E-state index in [9.17, 15) is 4.79 Å². The van der Waals surface area contributed by atoms with Crippen molar-refractivity contribution in [3.63, 3.8) is 0 Å². The fraction of sp³-hybridized carbons (Fsp3) is 0.643. The lowest BCUT2D eigenvalue weighted by Crippen LogP contribution is -2.41. The van der Waals surface area contributed by atoms with Crippen LogP contribution in [0.15, 0.2) is 10.5 Å². The monoisotopic (exact) mass is 268 g/mol. The van der Waals surface area contributed by atoms with Crippen LogP contribution in [0.4, 0.5) is 0 Å². The average Bonchev–Trinajstić information content (AvgIpc) is 2.68. The molecule has 5 heteroatoms. The molecule has 1 rings (SSSR count). The van der Waals surface area contributed by atoms with Gasteiger partial charge in [-0.3, -0.25) is 4.79 Å². The maximum absolute atomic E-state index is 11.9. The van der Waals surface area contributed by atoms with E-state index in [4.69, 9.17) is 14.9 Å². The summed E-state index contributed by atoms with van der Waals surface area (Å²) in [5, 5.41) is 2.91. The fourth-order valence-corrected chi connectivity index (χ4v) is 2.06. The van der Waals surface area contributed by atoms with E-state index in [2.05, 4.69) is 5.32 Å². The lowest BCUT2D eigenvalue weighted by Gasteiger charge is -2.17. The van der Waals surface area contributed by atoms with Crippen molar-refractivity contribution >= 4 is 5.91 Å². The second-order valence-electron chi connectivity index (χ2n) is 4.84. The summed E-state index contributed by atoms with van der Waals surface area (Å²) in [5.74, 6) is 1.54. The van der Waals surface area contributed by atoms with Crippen molar-refractivity contribution < 1.29 is 13.9 Å². The smallest absolute Gasteiger partial charge is 0.237 e. The molecule has 2 unspecified atom stereocenters. The number of amides is 1. The molecular formula is C14H24N2O3. The van der Waals surface area contributed by atoms with Gasteiger partial charge in [-0.2, -0.15) is 0 Å². The number of nitrogens with two attached hydrogens (primary N) is 1. The second-order valence-corrected chi connectivity index (χ2v) is 4.84. The maximum Gasteiger partial charge on any atom is 0.237 e. The molecule has 0 spiro atoms. The molecule has 0 aliphatic carbocycles. The largest absolute Gasteiger partial charge is 0.466 e. The first kappa shape index (κ1) is 15.7. The lowest BCUT2D eigenvalue weighted by atomic mass is 10.1. The Morgan fingerprint density at radius 3 is 2.74 bits per heavy atom. The maximum atomic E-state index is 11.9. The Labute approximate surface area is 114 Å². The Morgan fingerprint density at radius 2 is 2.21 bits per heavy atom. The Balaban J connectivity index is 2.49. The minimum Gasteiger partial charge on any atom is -0.466 e. The van der Waals surface area contributed by atoms with Crippen LogP contribution in [0.5, 0.6) is 0 Å². The van der Waals surface area contributed by atoms with Gasteiger partial charge in [0.15, 0.2) is 0 Å². The molecule has 0 aliphatic rings. The first-order chi connectivity index (χ1) is 8.95. The van der Waals surface area contributed by atoms with Crippen LogP contribution in [0.1, 0.15) is 42.9 Å². The van der Waals surface area contributed by atoms with E-state index in [-0.39, 0.29) is 11.9 Å². The molecule has 19 heavy (non-hydrogen) atoms. The third kappa shape index (κ3) is 4.69. The Hall–Kier alpha value is -1.33. The quantitative estimate of drug-likeness (QED) is 0.740. The number of carbonyl (C=O) groups excluding carboxylic acids is 1. The Bertz CT molecular complexity index is 415. The van der Waals surface area contributed by atoms with E-state index >= 15 is 0 Å². The minimum absolute atomic E-state index is 0.0987. The number of aryl methyl sites for hydroxylation is 2. The van der Waals surface area contributed by atoms with E-state index in [1.807, 2.05) is 26.8 Å². The summed E-state index contributed by atoms with van der Waals surface area (Å²) >= 11 is 0. The number of hydrogen-bond acceptors (Lipinski definition) is 4. The van der Waals surface area contributed by atoms with Crippen LogP contribution in [-0.4, -0.2) is 25.7 Å². The van der Waals surface area contributed by atoms with Gasteiger partial charge in [0.05, 0.1) is 12.1 Å². The van der Waals surface area contributed by atoms with Crippen LogP contribution in [0.3, 0.4) is 0 Å². The van der Waals surface area contributed by atoms with Gasteiger partial charge >= 0.3 is 0 Å². The Kier molecular flexibility index (Phi) is 6.05. The third-order valence-electron chi connectivity index (χ3n) is 3.11. The molecule has 0 aromatic carbocycles. The molecule has 1 amide bonds. The SMILES string of the molecule is COCCCC(N)C(=O)NC(C)c1cc(C)oc1C. The molecule has 0 saturated carbocycles. The van der Waals surface area contributed by atoms with Gasteiger partial charge in [-0.1, -0.05) is 0 Å². The number of furan rings is 1. The summed E-state index contributed by atoms with van der Waals surface area (Å²) in [5.41, 5.74) is 6.83. The van der Waals surface area contributed by atoms with Crippen molar-refractivity contribution in [2.45, 2.75) is 45.7 Å². The molecule has 0 bridgehead atoms. The zero-order valence-corrected chi connectivity index (χ0v) is 12.2. The van der Waals surface area contributed by atoms with Crippen molar-refractivity contribution in [1.29, 1.82) is 0 Å². The average molecular weight is 268 g/mol. The molecule has 0 aliphatic heterocycles. The van der Waals surface area contributed by atoms with Gasteiger partial charge in [0.1, 0.15) is 11.5 Å². The molecular weight excluding hydrogens is 244 g/mol. The van der Waals surface area contributed by atoms with Crippen LogP contribution in [0.2, 0.25) is 0 Å². The van der Waals surface area contributed by atoms with Gasteiger partial charge in [-0.15, -0.1) is 0 Å². The molecule has 1 aromatic rings. The molecule has 108 valence electrons. The summed E-state index contributed by atoms with van der Waals surface area (Å²) in [6, 6.07) is 1.35. The van der Waals surface area contributed by atoms with Gasteiger partial charge in [-0.05, 0) is 39.7 Å². The summed E-state index contributed by atoms with van der Waals surface area (Å²) < 4.78 is 10.4. The zero-order chi connectivity index (χ0) is 14.4. The molecule has 1 heterocycles. The highest BCUT2D eigenvalue weighted by Crippen LogP contribution is 2.21. The van der Waals surface area contributed by atoms with Gasteiger partial charge in [0, 0.05) is 19.3 Å². The first-order valence-electron chi connectivity index (χ1n) is 6.57. The highest BCUT2D eigenvalue weighted by Gasteiger charge is 2.18. The molecule has 0 saturated heterocycles. The van der Waals surface area contributed by atoms with Crippen molar-refractivity contribution in [3.05, 3.63) is 23.2 Å². The van der Waals surface area contributed by atoms with Crippen molar-refractivity contribution in [1.82, 2.24) is 5.32 Å². The zero-order valence-electron chi connectivity index (χ0n) is 12.2. The molecule has 1 aromatic heterocycles. The van der Waals surface area contributed by atoms with Crippen LogP contribution < -0.4 is 11.1 Å². The normalized spacial score (nSPS) is 14.2. The predicted octanol–water partition coefficient (Wildman–Crippen LogP) is 1.83. The minimum atomic E-state index is -0.495. The van der Waals surface area contributed by atoms with Gasteiger partial charge < -0.3 is 20.2 Å². The fourth-order valence-electron chi connectivity index (χ4n) is 2.06. The summed E-state index contributed by atoms with van der Waals surface area (Å²) in [7, 11) is 1.64. The van der Waals surface area contributed by atoms with Crippen molar-refractivity contribution in [2.24, 2.45) is 5.73 Å². The molecule has 0 fully saturated rings. The van der Waals surface area contributed by atoms with Gasteiger partial charge in [0.2, 0.25) is 5.91 Å². The number of hydrogen-bond donors (Lipinski definition) is 2. The summed E-state index contributed by atoms with van der Waals surface area (Å²) in [6.07, 6.45) is 1.40. The number of ether oxygens (including phenoxy) is 1. The Morgan fingerprint density at radius 1 is 1.53 bits per heavy atom. The third-order valence-corrected chi connectivity index (χ3v) is 3.11. The number of carbonyl (C=O) groups is 1. The van der Waals surface area contributed by atoms with E-state index in [0.29, 0.717) is 13.0 Å². The van der Waals surface area contributed by atoms with Crippen LogP contribution in [-0.2, 0) is 9.53 Å². The van der Waals surface area contributed by atoms with Crippen molar-refractivity contribution in [2.75, 3.05) is 13.7 Å². The van der Waals surface area contributed by atoms with Gasteiger partial charge in [-0.25, -0.2) is 0 Å². The van der Waals surface area contributed by atoms with Crippen LogP contribution in [0.25, 0.3) is 0 Å². The molecule has 2 atom stereocenters. The molecule has 3 N–H and O–H groups in total.